The van der Waals surface area contributed by atoms with Crippen molar-refractivity contribution in [2.45, 2.75) is 19.5 Å². The molecule has 2 aromatic rings. The highest BCUT2D eigenvalue weighted by Gasteiger charge is 2.14. The van der Waals surface area contributed by atoms with Crippen molar-refractivity contribution in [3.63, 3.8) is 0 Å². The molecule has 1 atom stereocenters. The Hall–Kier alpha value is -2.06. The fourth-order valence-corrected chi connectivity index (χ4v) is 1.87. The van der Waals surface area contributed by atoms with Crippen molar-refractivity contribution >= 4 is 17.0 Å². The van der Waals surface area contributed by atoms with E-state index in [-0.39, 0.29) is 0 Å². The second-order valence-corrected chi connectivity index (χ2v) is 4.68. The third kappa shape index (κ3) is 2.03. The number of nitrogens with zero attached hydrogens (tertiary/aromatic N) is 4. The van der Waals surface area contributed by atoms with Crippen molar-refractivity contribution in [1.82, 2.24) is 14.5 Å². The first kappa shape index (κ1) is 12.4. The lowest BCUT2D eigenvalue weighted by molar-refractivity contribution is 0.287. The zero-order chi connectivity index (χ0) is 13.3. The van der Waals surface area contributed by atoms with Gasteiger partial charge in [0.05, 0.1) is 11.1 Å². The van der Waals surface area contributed by atoms with Gasteiger partial charge >= 0.3 is 0 Å². The number of likely N-dealkylation sites (N-methyl/N-ethyl adjacent to an activating group) is 1. The number of anilines is 1. The van der Waals surface area contributed by atoms with E-state index < -0.39 is 0 Å². The minimum atomic E-state index is 0.343. The molecule has 1 unspecified atom stereocenters. The van der Waals surface area contributed by atoms with Crippen LogP contribution >= 0.6 is 0 Å². The maximum atomic E-state index is 9.06. The molecule has 1 heterocycles. The Bertz CT molecular complexity index is 606. The second-order valence-electron chi connectivity index (χ2n) is 4.68. The molecular weight excluding hydrogens is 226 g/mol. The number of hydrogen-bond donors (Lipinski definition) is 1. The molecule has 94 valence electrons. The smallest absolute Gasteiger partial charge is 0.201 e. The largest absolute Gasteiger partial charge is 0.369 e. The van der Waals surface area contributed by atoms with Gasteiger partial charge in [0, 0.05) is 12.6 Å². The van der Waals surface area contributed by atoms with E-state index in [4.69, 9.17) is 11.0 Å². The van der Waals surface area contributed by atoms with Gasteiger partial charge in [-0.1, -0.05) is 6.07 Å². The summed E-state index contributed by atoms with van der Waals surface area (Å²) in [5.41, 5.74) is 8.12. The van der Waals surface area contributed by atoms with E-state index in [1.807, 2.05) is 30.8 Å². The lowest BCUT2D eigenvalue weighted by Gasteiger charge is -2.21. The molecule has 18 heavy (non-hydrogen) atoms. The van der Waals surface area contributed by atoms with Gasteiger partial charge in [0.1, 0.15) is 11.6 Å². The summed E-state index contributed by atoms with van der Waals surface area (Å²) in [6.45, 7) is 2.88. The van der Waals surface area contributed by atoms with Crippen LogP contribution in [0.2, 0.25) is 0 Å². The van der Waals surface area contributed by atoms with E-state index in [0.717, 1.165) is 12.1 Å². The second kappa shape index (κ2) is 4.67. The van der Waals surface area contributed by atoms with E-state index in [2.05, 4.69) is 22.9 Å². The molecule has 0 spiro atoms. The summed E-state index contributed by atoms with van der Waals surface area (Å²) in [6.07, 6.45) is 0. The number of nitrogens with two attached hydrogens (primary N) is 1. The fraction of sp³-hybridized carbons (Fsp3) is 0.385. The van der Waals surface area contributed by atoms with Crippen LogP contribution in [0.5, 0.6) is 0 Å². The maximum absolute atomic E-state index is 9.06. The molecule has 0 fully saturated rings. The van der Waals surface area contributed by atoms with Crippen LogP contribution in [0.15, 0.2) is 18.2 Å². The summed E-state index contributed by atoms with van der Waals surface area (Å²) in [5, 5.41) is 9.06. The first-order chi connectivity index (χ1) is 8.54. The average Bonchev–Trinajstić information content (AvgIpc) is 2.65. The van der Waals surface area contributed by atoms with Gasteiger partial charge in [0.15, 0.2) is 0 Å². The molecular formula is C13H17N5. The van der Waals surface area contributed by atoms with Gasteiger partial charge in [-0.3, -0.25) is 0 Å². The highest BCUT2D eigenvalue weighted by Crippen LogP contribution is 2.21. The van der Waals surface area contributed by atoms with Crippen LogP contribution in [-0.4, -0.2) is 34.6 Å². The summed E-state index contributed by atoms with van der Waals surface area (Å²) in [5.74, 6) is 0.460. The SMILES string of the molecule is CC(Cn1c(N)nc2c(C#N)cccc21)N(C)C. The maximum Gasteiger partial charge on any atom is 0.201 e. The molecule has 0 aliphatic heterocycles. The normalized spacial score (nSPS) is 12.8. The van der Waals surface area contributed by atoms with Crippen molar-refractivity contribution in [3.05, 3.63) is 23.8 Å². The quantitative estimate of drug-likeness (QED) is 0.885. The molecule has 1 aromatic carbocycles. The van der Waals surface area contributed by atoms with E-state index in [0.29, 0.717) is 23.1 Å². The predicted octanol–water partition coefficient (Wildman–Crippen LogP) is 1.44. The number of aromatic nitrogens is 2. The summed E-state index contributed by atoms with van der Waals surface area (Å²) < 4.78 is 1.96. The fourth-order valence-electron chi connectivity index (χ4n) is 1.87. The number of nitriles is 1. The van der Waals surface area contributed by atoms with E-state index in [1.54, 1.807) is 6.07 Å². The van der Waals surface area contributed by atoms with Crippen LogP contribution < -0.4 is 5.73 Å². The lowest BCUT2D eigenvalue weighted by atomic mass is 10.2. The van der Waals surface area contributed by atoms with Crippen LogP contribution in [0, 0.1) is 11.3 Å². The summed E-state index contributed by atoms with van der Waals surface area (Å²) in [7, 11) is 4.06. The molecule has 0 radical (unpaired) electrons. The van der Waals surface area contributed by atoms with E-state index >= 15 is 0 Å². The molecule has 0 aliphatic carbocycles. The zero-order valence-electron chi connectivity index (χ0n) is 10.9. The van der Waals surface area contributed by atoms with Crippen molar-refractivity contribution in [1.29, 1.82) is 5.26 Å². The minimum absolute atomic E-state index is 0.343. The predicted molar refractivity (Wildman–Crippen MR) is 72.0 cm³/mol. The van der Waals surface area contributed by atoms with Crippen molar-refractivity contribution in [3.8, 4) is 6.07 Å². The number of fused-ring (bicyclic) bond motifs is 1. The highest BCUT2D eigenvalue weighted by molar-refractivity contribution is 5.83. The van der Waals surface area contributed by atoms with Gasteiger partial charge in [-0.2, -0.15) is 5.26 Å². The first-order valence-corrected chi connectivity index (χ1v) is 5.86. The van der Waals surface area contributed by atoms with Gasteiger partial charge in [-0.05, 0) is 33.2 Å². The summed E-state index contributed by atoms with van der Waals surface area (Å²) in [4.78, 5) is 6.42. The van der Waals surface area contributed by atoms with Gasteiger partial charge < -0.3 is 15.2 Å². The van der Waals surface area contributed by atoms with Crippen LogP contribution in [0.3, 0.4) is 0 Å². The third-order valence-electron chi connectivity index (χ3n) is 3.26. The van der Waals surface area contributed by atoms with Crippen LogP contribution in [0.25, 0.3) is 11.0 Å². The molecule has 5 heteroatoms. The first-order valence-electron chi connectivity index (χ1n) is 5.86. The summed E-state index contributed by atoms with van der Waals surface area (Å²) in [6, 6.07) is 8.05. The van der Waals surface area contributed by atoms with Crippen molar-refractivity contribution in [2.75, 3.05) is 19.8 Å². The van der Waals surface area contributed by atoms with Crippen LogP contribution in [0.1, 0.15) is 12.5 Å². The Morgan fingerprint density at radius 2 is 2.22 bits per heavy atom. The Labute approximate surface area is 106 Å². The standard InChI is InChI=1S/C13H17N5/c1-9(17(2)3)8-18-11-6-4-5-10(7-14)12(11)16-13(18)15/h4-6,9H,8H2,1-3H3,(H2,15,16). The Morgan fingerprint density at radius 1 is 1.50 bits per heavy atom. The Morgan fingerprint density at radius 3 is 2.83 bits per heavy atom. The van der Waals surface area contributed by atoms with Crippen molar-refractivity contribution in [2.24, 2.45) is 0 Å². The topological polar surface area (TPSA) is 70.9 Å². The molecule has 1 aromatic heterocycles. The number of rotatable bonds is 3. The van der Waals surface area contributed by atoms with Gasteiger partial charge in [-0.15, -0.1) is 0 Å². The Balaban J connectivity index is 2.52. The number of para-hydroxylation sites is 1. The molecule has 2 N–H and O–H groups in total. The molecule has 0 amide bonds. The zero-order valence-corrected chi connectivity index (χ0v) is 10.9. The molecule has 0 saturated carbocycles. The molecule has 0 saturated heterocycles. The van der Waals surface area contributed by atoms with Gasteiger partial charge in [0.25, 0.3) is 0 Å². The number of benzene rings is 1. The monoisotopic (exact) mass is 243 g/mol. The minimum Gasteiger partial charge on any atom is -0.369 e. The highest BCUT2D eigenvalue weighted by atomic mass is 15.2. The molecule has 0 bridgehead atoms. The van der Waals surface area contributed by atoms with Crippen LogP contribution in [0.4, 0.5) is 5.95 Å². The van der Waals surface area contributed by atoms with Crippen molar-refractivity contribution < 1.29 is 0 Å². The molecule has 5 nitrogen and oxygen atoms in total. The van der Waals surface area contributed by atoms with Crippen LogP contribution in [-0.2, 0) is 6.54 Å². The van der Waals surface area contributed by atoms with E-state index in [1.165, 1.54) is 0 Å². The van der Waals surface area contributed by atoms with Gasteiger partial charge in [-0.25, -0.2) is 4.98 Å². The Kier molecular flexibility index (Phi) is 3.21. The third-order valence-corrected chi connectivity index (χ3v) is 3.26. The average molecular weight is 243 g/mol. The summed E-state index contributed by atoms with van der Waals surface area (Å²) >= 11 is 0. The lowest BCUT2D eigenvalue weighted by Crippen LogP contribution is -2.29. The number of nitrogen functional groups attached to an aromatic ring is 1. The van der Waals surface area contributed by atoms with E-state index in [9.17, 15) is 0 Å². The molecule has 2 rings (SSSR count). The molecule has 0 aliphatic rings. The number of hydrogen-bond acceptors (Lipinski definition) is 4. The number of imidazole rings is 1. The van der Waals surface area contributed by atoms with Gasteiger partial charge in [0.2, 0.25) is 5.95 Å².